The lowest BCUT2D eigenvalue weighted by molar-refractivity contribution is -0.660. The van der Waals surface area contributed by atoms with Crippen molar-refractivity contribution in [1.82, 2.24) is 4.98 Å². The Hall–Kier alpha value is -2.68. The average Bonchev–Trinajstić information content (AvgIpc) is 2.60. The van der Waals surface area contributed by atoms with Crippen molar-refractivity contribution in [2.24, 2.45) is 7.05 Å². The molecule has 1 aliphatic rings. The molecular formula is C22H24N3+. The molecule has 126 valence electrons. The van der Waals surface area contributed by atoms with Crippen molar-refractivity contribution in [3.05, 3.63) is 71.7 Å². The molecule has 0 radical (unpaired) electrons. The third-order valence-corrected chi connectivity index (χ3v) is 5.54. The summed E-state index contributed by atoms with van der Waals surface area (Å²) in [5.74, 6) is 0. The minimum Gasteiger partial charge on any atom is -0.343 e. The zero-order valence-electron chi connectivity index (χ0n) is 15.5. The molecule has 25 heavy (non-hydrogen) atoms. The molecule has 0 bridgehead atoms. The van der Waals surface area contributed by atoms with Crippen LogP contribution in [0.1, 0.15) is 30.5 Å². The van der Waals surface area contributed by atoms with Crippen molar-refractivity contribution in [2.75, 3.05) is 11.9 Å². The number of anilines is 2. The lowest BCUT2D eigenvalue weighted by Crippen LogP contribution is -2.34. The van der Waals surface area contributed by atoms with E-state index >= 15 is 0 Å². The van der Waals surface area contributed by atoms with Gasteiger partial charge in [-0.15, -0.1) is 0 Å². The molecule has 3 heteroatoms. The molecule has 0 saturated carbocycles. The van der Waals surface area contributed by atoms with Gasteiger partial charge in [0.1, 0.15) is 7.05 Å². The fourth-order valence-electron chi connectivity index (χ4n) is 4.09. The fraction of sp³-hybridized carbons (Fsp3) is 0.273. The van der Waals surface area contributed by atoms with Gasteiger partial charge in [-0.2, -0.15) is 4.57 Å². The Morgan fingerprint density at radius 1 is 1.04 bits per heavy atom. The first kappa shape index (κ1) is 15.8. The Labute approximate surface area is 149 Å². The number of aromatic nitrogens is 2. The highest BCUT2D eigenvalue weighted by Crippen LogP contribution is 2.51. The van der Waals surface area contributed by atoms with Crippen LogP contribution in [0, 0.1) is 6.92 Å². The number of rotatable bonds is 1. The van der Waals surface area contributed by atoms with E-state index < -0.39 is 0 Å². The second-order valence-corrected chi connectivity index (χ2v) is 7.43. The lowest BCUT2D eigenvalue weighted by atomic mass is 9.72. The lowest BCUT2D eigenvalue weighted by Gasteiger charge is -2.41. The number of nitrogens with zero attached hydrogens (tertiary/aromatic N) is 3. The van der Waals surface area contributed by atoms with Gasteiger partial charge in [-0.3, -0.25) is 4.98 Å². The highest BCUT2D eigenvalue weighted by atomic mass is 15.1. The van der Waals surface area contributed by atoms with Crippen molar-refractivity contribution >= 4 is 11.4 Å². The van der Waals surface area contributed by atoms with E-state index in [2.05, 4.69) is 85.7 Å². The second-order valence-electron chi connectivity index (χ2n) is 7.43. The Kier molecular flexibility index (Phi) is 3.43. The molecular weight excluding hydrogens is 306 g/mol. The molecule has 0 saturated heterocycles. The van der Waals surface area contributed by atoms with Crippen molar-refractivity contribution in [2.45, 2.75) is 26.2 Å². The molecule has 1 aliphatic heterocycles. The number of benzene rings is 2. The summed E-state index contributed by atoms with van der Waals surface area (Å²) in [6.07, 6.45) is 5.80. The highest BCUT2D eigenvalue weighted by molar-refractivity contribution is 5.89. The van der Waals surface area contributed by atoms with Gasteiger partial charge >= 0.3 is 0 Å². The van der Waals surface area contributed by atoms with Crippen molar-refractivity contribution in [3.8, 4) is 11.3 Å². The molecule has 0 aliphatic carbocycles. The van der Waals surface area contributed by atoms with Crippen LogP contribution in [0.5, 0.6) is 0 Å². The maximum Gasteiger partial charge on any atom is 0.233 e. The molecule has 1 aromatic heterocycles. The molecule has 2 aromatic carbocycles. The summed E-state index contributed by atoms with van der Waals surface area (Å²) in [5, 5.41) is 0. The molecule has 0 N–H and O–H groups in total. The molecule has 2 heterocycles. The zero-order chi connectivity index (χ0) is 17.8. The van der Waals surface area contributed by atoms with Crippen LogP contribution in [0.3, 0.4) is 0 Å². The molecule has 3 aromatic rings. The van der Waals surface area contributed by atoms with Crippen LogP contribution in [-0.2, 0) is 12.5 Å². The third-order valence-electron chi connectivity index (χ3n) is 5.54. The third kappa shape index (κ3) is 2.19. The van der Waals surface area contributed by atoms with Gasteiger partial charge in [0.25, 0.3) is 0 Å². The summed E-state index contributed by atoms with van der Waals surface area (Å²) in [4.78, 5) is 6.72. The summed E-state index contributed by atoms with van der Waals surface area (Å²) in [5.41, 5.74) is 8.92. The van der Waals surface area contributed by atoms with Crippen LogP contribution in [0.2, 0.25) is 0 Å². The fourth-order valence-corrected chi connectivity index (χ4v) is 4.09. The summed E-state index contributed by atoms with van der Waals surface area (Å²) in [6.45, 7) is 6.82. The van der Waals surface area contributed by atoms with Crippen LogP contribution in [-0.4, -0.2) is 12.0 Å². The van der Waals surface area contributed by atoms with Gasteiger partial charge in [0.15, 0.2) is 6.20 Å². The van der Waals surface area contributed by atoms with Gasteiger partial charge in [0, 0.05) is 18.2 Å². The molecule has 0 atom stereocenters. The smallest absolute Gasteiger partial charge is 0.233 e. The number of para-hydroxylation sites is 1. The van der Waals surface area contributed by atoms with E-state index in [9.17, 15) is 0 Å². The van der Waals surface area contributed by atoms with Crippen LogP contribution in [0.15, 0.2) is 55.0 Å². The molecule has 0 fully saturated rings. The maximum absolute atomic E-state index is 4.38. The molecule has 0 spiro atoms. The van der Waals surface area contributed by atoms with E-state index in [-0.39, 0.29) is 5.41 Å². The molecule has 3 nitrogen and oxygen atoms in total. The molecule has 4 rings (SSSR count). The van der Waals surface area contributed by atoms with E-state index in [1.54, 1.807) is 0 Å². The van der Waals surface area contributed by atoms with E-state index in [1.807, 2.05) is 18.6 Å². The second kappa shape index (κ2) is 5.41. The Morgan fingerprint density at radius 2 is 1.80 bits per heavy atom. The number of aryl methyl sites for hydroxylation is 2. The van der Waals surface area contributed by atoms with E-state index in [4.69, 9.17) is 0 Å². The largest absolute Gasteiger partial charge is 0.343 e. The summed E-state index contributed by atoms with van der Waals surface area (Å²) < 4.78 is 2.15. The molecule has 0 unspecified atom stereocenters. The normalized spacial score (nSPS) is 14.8. The monoisotopic (exact) mass is 330 g/mol. The first-order chi connectivity index (χ1) is 11.9. The predicted molar refractivity (Wildman–Crippen MR) is 102 cm³/mol. The van der Waals surface area contributed by atoms with E-state index in [0.29, 0.717) is 0 Å². The Bertz CT molecular complexity index is 973. The first-order valence-corrected chi connectivity index (χ1v) is 8.70. The molecule has 0 amide bonds. The topological polar surface area (TPSA) is 20.0 Å². The van der Waals surface area contributed by atoms with Crippen molar-refractivity contribution in [3.63, 3.8) is 0 Å². The van der Waals surface area contributed by atoms with E-state index in [1.165, 1.54) is 33.6 Å². The Balaban J connectivity index is 2.09. The standard InChI is InChI=1S/C22H24N3/c1-15-10-11-17-21(20(15)19-14-23-12-13-24(19)4)25(5)18-9-7-6-8-16(18)22(17,2)3/h6-14H,1-5H3/q+1. The van der Waals surface area contributed by atoms with Gasteiger partial charge in [-0.25, -0.2) is 0 Å². The van der Waals surface area contributed by atoms with Crippen LogP contribution in [0.25, 0.3) is 11.3 Å². The van der Waals surface area contributed by atoms with Crippen LogP contribution < -0.4 is 9.47 Å². The summed E-state index contributed by atoms with van der Waals surface area (Å²) in [7, 11) is 4.25. The quantitative estimate of drug-likeness (QED) is 0.620. The average molecular weight is 330 g/mol. The summed E-state index contributed by atoms with van der Waals surface area (Å²) in [6, 6.07) is 13.3. The minimum absolute atomic E-state index is 0.0400. The maximum atomic E-state index is 4.38. The van der Waals surface area contributed by atoms with Crippen molar-refractivity contribution in [1.29, 1.82) is 0 Å². The van der Waals surface area contributed by atoms with E-state index in [0.717, 1.165) is 5.69 Å². The number of hydrogen-bond donors (Lipinski definition) is 0. The SMILES string of the molecule is Cc1ccc2c(c1-c1cncc[n+]1C)N(C)c1ccccc1C2(C)C. The van der Waals surface area contributed by atoms with Gasteiger partial charge in [-0.1, -0.05) is 44.2 Å². The van der Waals surface area contributed by atoms with Gasteiger partial charge in [-0.05, 0) is 29.7 Å². The first-order valence-electron chi connectivity index (χ1n) is 8.70. The Morgan fingerprint density at radius 3 is 2.56 bits per heavy atom. The van der Waals surface area contributed by atoms with Crippen LogP contribution >= 0.6 is 0 Å². The van der Waals surface area contributed by atoms with Gasteiger partial charge in [0.2, 0.25) is 5.69 Å². The predicted octanol–water partition coefficient (Wildman–Crippen LogP) is 4.29. The zero-order valence-corrected chi connectivity index (χ0v) is 15.5. The van der Waals surface area contributed by atoms with Gasteiger partial charge < -0.3 is 4.90 Å². The highest BCUT2D eigenvalue weighted by Gasteiger charge is 2.37. The summed E-state index contributed by atoms with van der Waals surface area (Å²) >= 11 is 0. The number of fused-ring (bicyclic) bond motifs is 2. The van der Waals surface area contributed by atoms with Crippen molar-refractivity contribution < 1.29 is 4.57 Å². The van der Waals surface area contributed by atoms with Gasteiger partial charge in [0.05, 0.1) is 23.6 Å². The minimum atomic E-state index is -0.0400. The van der Waals surface area contributed by atoms with Crippen LogP contribution in [0.4, 0.5) is 11.4 Å². The number of hydrogen-bond acceptors (Lipinski definition) is 2.